The van der Waals surface area contributed by atoms with Crippen LogP contribution < -0.4 is 5.32 Å². The molecule has 1 saturated carbocycles. The number of hydrogen-bond acceptors (Lipinski definition) is 3. The molecule has 2 N–H and O–H groups in total. The largest absolute Gasteiger partial charge is 0.353 e. The van der Waals surface area contributed by atoms with E-state index >= 15 is 0 Å². The number of nitrogens with one attached hydrogen (secondary N) is 2. The molecule has 2 amide bonds. The molecule has 0 spiro atoms. The Morgan fingerprint density at radius 2 is 1.80 bits per heavy atom. The summed E-state index contributed by atoms with van der Waals surface area (Å²) in [5.41, 5.74) is 2.89. The van der Waals surface area contributed by atoms with Crippen molar-refractivity contribution in [2.45, 2.75) is 71.3 Å². The fraction of sp³-hybridized carbons (Fsp3) is 0.737. The van der Waals surface area contributed by atoms with Gasteiger partial charge in [-0.15, -0.1) is 0 Å². The monoisotopic (exact) mass is 346 g/mol. The predicted octanol–water partition coefficient (Wildman–Crippen LogP) is 2.26. The Kier molecular flexibility index (Phi) is 5.76. The summed E-state index contributed by atoms with van der Waals surface area (Å²) >= 11 is 0. The van der Waals surface area contributed by atoms with Gasteiger partial charge in [-0.25, -0.2) is 0 Å². The summed E-state index contributed by atoms with van der Waals surface area (Å²) in [6.07, 6.45) is 7.81. The van der Waals surface area contributed by atoms with Crippen LogP contribution in [0.2, 0.25) is 0 Å². The van der Waals surface area contributed by atoms with Crippen LogP contribution in [0.1, 0.15) is 61.9 Å². The standard InChI is InChI=1S/C19H30N4O2/c1-13-17(14(2)22-21-13)12-18(24)23-10-8-16(9-11-23)20-19(25)15-6-4-3-5-7-15/h15-16H,3-12H2,1-2H3,(H,20,25)(H,21,22). The van der Waals surface area contributed by atoms with Gasteiger partial charge in [-0.1, -0.05) is 19.3 Å². The molecular formula is C19H30N4O2. The number of hydrogen-bond donors (Lipinski definition) is 2. The number of rotatable bonds is 4. The molecule has 0 radical (unpaired) electrons. The van der Waals surface area contributed by atoms with Gasteiger partial charge in [0.15, 0.2) is 0 Å². The first-order valence-corrected chi connectivity index (χ1v) is 9.63. The van der Waals surface area contributed by atoms with Crippen molar-refractivity contribution in [2.24, 2.45) is 5.92 Å². The highest BCUT2D eigenvalue weighted by atomic mass is 16.2. The second-order valence-electron chi connectivity index (χ2n) is 7.59. The van der Waals surface area contributed by atoms with Gasteiger partial charge in [0, 0.05) is 36.3 Å². The Labute approximate surface area is 149 Å². The zero-order valence-electron chi connectivity index (χ0n) is 15.4. The summed E-state index contributed by atoms with van der Waals surface area (Å²) in [4.78, 5) is 26.8. The van der Waals surface area contributed by atoms with Crippen molar-refractivity contribution in [1.82, 2.24) is 20.4 Å². The lowest BCUT2D eigenvalue weighted by molar-refractivity contribution is -0.132. The van der Waals surface area contributed by atoms with Gasteiger partial charge in [0.05, 0.1) is 12.1 Å². The van der Waals surface area contributed by atoms with E-state index in [0.717, 1.165) is 55.7 Å². The SMILES string of the molecule is Cc1n[nH]c(C)c1CC(=O)N1CCC(NC(=O)C2CCCCC2)CC1. The van der Waals surface area contributed by atoms with Crippen LogP contribution >= 0.6 is 0 Å². The minimum absolute atomic E-state index is 0.157. The first-order chi connectivity index (χ1) is 12.0. The lowest BCUT2D eigenvalue weighted by Gasteiger charge is -2.33. The van der Waals surface area contributed by atoms with Crippen molar-refractivity contribution in [3.8, 4) is 0 Å². The molecule has 1 aliphatic heterocycles. The number of nitrogens with zero attached hydrogens (tertiary/aromatic N) is 2. The lowest BCUT2D eigenvalue weighted by Crippen LogP contribution is -2.48. The number of likely N-dealkylation sites (tertiary alicyclic amines) is 1. The van der Waals surface area contributed by atoms with E-state index < -0.39 is 0 Å². The second-order valence-corrected chi connectivity index (χ2v) is 7.59. The third-order valence-electron chi connectivity index (χ3n) is 5.78. The first kappa shape index (κ1) is 18.0. The minimum Gasteiger partial charge on any atom is -0.353 e. The van der Waals surface area contributed by atoms with Gasteiger partial charge in [0.25, 0.3) is 0 Å². The van der Waals surface area contributed by atoms with Crippen LogP contribution in [0.3, 0.4) is 0 Å². The zero-order chi connectivity index (χ0) is 17.8. The number of amides is 2. The van der Waals surface area contributed by atoms with Gasteiger partial charge in [-0.05, 0) is 39.5 Å². The molecule has 0 atom stereocenters. The molecule has 0 bridgehead atoms. The number of piperidine rings is 1. The van der Waals surface area contributed by atoms with Gasteiger partial charge < -0.3 is 10.2 Å². The van der Waals surface area contributed by atoms with Crippen LogP contribution in [-0.4, -0.2) is 46.0 Å². The van der Waals surface area contributed by atoms with E-state index in [9.17, 15) is 9.59 Å². The molecule has 2 aliphatic rings. The van der Waals surface area contributed by atoms with Gasteiger partial charge in [0.1, 0.15) is 0 Å². The first-order valence-electron chi connectivity index (χ1n) is 9.63. The van der Waals surface area contributed by atoms with Crippen LogP contribution in [0.5, 0.6) is 0 Å². The van der Waals surface area contributed by atoms with Crippen molar-refractivity contribution in [1.29, 1.82) is 0 Å². The predicted molar refractivity (Wildman–Crippen MR) is 96.1 cm³/mol. The molecule has 1 aliphatic carbocycles. The Bertz CT molecular complexity index is 591. The van der Waals surface area contributed by atoms with E-state index in [1.807, 2.05) is 18.7 Å². The van der Waals surface area contributed by atoms with Gasteiger partial charge in [-0.3, -0.25) is 14.7 Å². The third-order valence-corrected chi connectivity index (χ3v) is 5.78. The van der Waals surface area contributed by atoms with E-state index in [-0.39, 0.29) is 23.8 Å². The van der Waals surface area contributed by atoms with Crippen molar-refractivity contribution >= 4 is 11.8 Å². The second kappa shape index (κ2) is 8.02. The van der Waals surface area contributed by atoms with Gasteiger partial charge in [-0.2, -0.15) is 5.10 Å². The molecule has 6 nitrogen and oxygen atoms in total. The summed E-state index contributed by atoms with van der Waals surface area (Å²) < 4.78 is 0. The van der Waals surface area contributed by atoms with Crippen LogP contribution in [0.15, 0.2) is 0 Å². The number of aryl methyl sites for hydroxylation is 2. The number of carbonyl (C=O) groups excluding carboxylic acids is 2. The van der Waals surface area contributed by atoms with Crippen LogP contribution in [-0.2, 0) is 16.0 Å². The summed E-state index contributed by atoms with van der Waals surface area (Å²) in [5, 5.41) is 10.3. The molecule has 138 valence electrons. The Morgan fingerprint density at radius 1 is 1.12 bits per heavy atom. The van der Waals surface area contributed by atoms with Crippen molar-refractivity contribution in [2.75, 3.05) is 13.1 Å². The molecule has 6 heteroatoms. The topological polar surface area (TPSA) is 78.1 Å². The molecule has 1 aromatic rings. The molecule has 1 aromatic heterocycles. The molecule has 1 saturated heterocycles. The van der Waals surface area contributed by atoms with Gasteiger partial charge in [0.2, 0.25) is 11.8 Å². The zero-order valence-corrected chi connectivity index (χ0v) is 15.4. The maximum atomic E-state index is 12.5. The van der Waals surface area contributed by atoms with Crippen molar-refractivity contribution in [3.05, 3.63) is 17.0 Å². The third kappa shape index (κ3) is 4.41. The van der Waals surface area contributed by atoms with Crippen LogP contribution in [0, 0.1) is 19.8 Å². The molecular weight excluding hydrogens is 316 g/mol. The molecule has 3 rings (SSSR count). The maximum absolute atomic E-state index is 12.5. The van der Waals surface area contributed by atoms with E-state index in [2.05, 4.69) is 15.5 Å². The summed E-state index contributed by atoms with van der Waals surface area (Å²) in [6.45, 7) is 5.34. The van der Waals surface area contributed by atoms with E-state index in [1.54, 1.807) is 0 Å². The average Bonchev–Trinajstić information content (AvgIpc) is 2.95. The smallest absolute Gasteiger partial charge is 0.227 e. The Morgan fingerprint density at radius 3 is 2.40 bits per heavy atom. The minimum atomic E-state index is 0.157. The highest BCUT2D eigenvalue weighted by Crippen LogP contribution is 2.24. The van der Waals surface area contributed by atoms with Gasteiger partial charge >= 0.3 is 0 Å². The number of carbonyl (C=O) groups is 2. The molecule has 25 heavy (non-hydrogen) atoms. The Balaban J connectivity index is 1.45. The molecule has 0 unspecified atom stereocenters. The summed E-state index contributed by atoms with van der Waals surface area (Å²) in [6, 6.07) is 0.218. The summed E-state index contributed by atoms with van der Waals surface area (Å²) in [5.74, 6) is 0.597. The fourth-order valence-electron chi connectivity index (χ4n) is 4.05. The molecule has 2 heterocycles. The van der Waals surface area contributed by atoms with E-state index in [1.165, 1.54) is 19.3 Å². The maximum Gasteiger partial charge on any atom is 0.227 e. The quantitative estimate of drug-likeness (QED) is 0.878. The van der Waals surface area contributed by atoms with E-state index in [4.69, 9.17) is 0 Å². The Hall–Kier alpha value is -1.85. The lowest BCUT2D eigenvalue weighted by atomic mass is 9.88. The number of aromatic nitrogens is 2. The normalized spacial score (nSPS) is 19.8. The van der Waals surface area contributed by atoms with E-state index in [0.29, 0.717) is 6.42 Å². The highest BCUT2D eigenvalue weighted by Gasteiger charge is 2.27. The van der Waals surface area contributed by atoms with Crippen molar-refractivity contribution in [3.63, 3.8) is 0 Å². The van der Waals surface area contributed by atoms with Crippen LogP contribution in [0.25, 0.3) is 0 Å². The highest BCUT2D eigenvalue weighted by molar-refractivity contribution is 5.80. The number of aromatic amines is 1. The number of H-pyrrole nitrogens is 1. The average molecular weight is 346 g/mol. The van der Waals surface area contributed by atoms with Crippen molar-refractivity contribution < 1.29 is 9.59 Å². The molecule has 2 fully saturated rings. The van der Waals surface area contributed by atoms with Crippen LogP contribution in [0.4, 0.5) is 0 Å². The molecule has 0 aromatic carbocycles. The fourth-order valence-corrected chi connectivity index (χ4v) is 4.05. The summed E-state index contributed by atoms with van der Waals surface area (Å²) in [7, 11) is 0.